The van der Waals surface area contributed by atoms with Crippen LogP contribution < -0.4 is 0 Å². The summed E-state index contributed by atoms with van der Waals surface area (Å²) < 4.78 is 0. The molecule has 1 aromatic heterocycles. The van der Waals surface area contributed by atoms with Gasteiger partial charge in [-0.1, -0.05) is 18.9 Å². The van der Waals surface area contributed by atoms with Crippen LogP contribution in [-0.4, -0.2) is 20.9 Å². The molecule has 0 saturated heterocycles. The Balaban J connectivity index is 1.56. The minimum absolute atomic E-state index is 0.0472. The largest absolute Gasteiger partial charge is 0.377 e. The molecule has 3 aliphatic carbocycles. The summed E-state index contributed by atoms with van der Waals surface area (Å²) in [4.78, 5) is 0. The van der Waals surface area contributed by atoms with E-state index in [4.69, 9.17) is 0 Å². The van der Waals surface area contributed by atoms with Gasteiger partial charge in [-0.15, -0.1) is 5.92 Å². The molecule has 3 heteroatoms. The zero-order valence-corrected chi connectivity index (χ0v) is 15.1. The third-order valence-corrected chi connectivity index (χ3v) is 7.82. The molecule has 2 N–H and O–H groups in total. The Labute approximate surface area is 149 Å². The lowest BCUT2D eigenvalue weighted by atomic mass is 9.53. The molecule has 0 aliphatic heterocycles. The van der Waals surface area contributed by atoms with Crippen LogP contribution in [0.4, 0.5) is 0 Å². The second kappa shape index (κ2) is 5.11. The van der Waals surface area contributed by atoms with Crippen molar-refractivity contribution in [3.8, 4) is 11.8 Å². The van der Waals surface area contributed by atoms with E-state index >= 15 is 0 Å². The summed E-state index contributed by atoms with van der Waals surface area (Å²) in [6.07, 6.45) is 8.56. The van der Waals surface area contributed by atoms with Crippen LogP contribution in [0.1, 0.15) is 63.0 Å². The van der Waals surface area contributed by atoms with Crippen molar-refractivity contribution in [1.29, 1.82) is 0 Å². The predicted molar refractivity (Wildman–Crippen MR) is 99.1 cm³/mol. The van der Waals surface area contributed by atoms with E-state index in [1.165, 1.54) is 23.8 Å². The minimum atomic E-state index is -0.786. The van der Waals surface area contributed by atoms with E-state index in [0.717, 1.165) is 31.2 Å². The van der Waals surface area contributed by atoms with E-state index in [1.807, 2.05) is 13.1 Å². The van der Waals surface area contributed by atoms with E-state index in [0.29, 0.717) is 17.8 Å². The molecule has 2 fully saturated rings. The van der Waals surface area contributed by atoms with Crippen LogP contribution in [0.5, 0.6) is 0 Å². The van der Waals surface area contributed by atoms with E-state index < -0.39 is 5.60 Å². The molecule has 2 aromatic rings. The quantitative estimate of drug-likeness (QED) is 0.710. The normalized spacial score (nSPS) is 39.2. The van der Waals surface area contributed by atoms with Crippen molar-refractivity contribution in [2.24, 2.45) is 17.3 Å². The number of benzene rings is 1. The molecule has 5 rings (SSSR count). The Kier molecular flexibility index (Phi) is 3.16. The van der Waals surface area contributed by atoms with Gasteiger partial charge in [0.1, 0.15) is 5.60 Å². The highest BCUT2D eigenvalue weighted by Gasteiger charge is 2.61. The summed E-state index contributed by atoms with van der Waals surface area (Å²) in [5, 5.41) is 19.9. The van der Waals surface area contributed by atoms with Gasteiger partial charge in [-0.25, -0.2) is 0 Å². The number of aryl methyl sites for hydroxylation is 1. The minimum Gasteiger partial charge on any atom is -0.377 e. The smallest absolute Gasteiger partial charge is 0.131 e. The monoisotopic (exact) mass is 334 g/mol. The summed E-state index contributed by atoms with van der Waals surface area (Å²) >= 11 is 0. The first-order valence-corrected chi connectivity index (χ1v) is 9.68. The van der Waals surface area contributed by atoms with Crippen molar-refractivity contribution in [1.82, 2.24) is 10.2 Å². The topological polar surface area (TPSA) is 48.9 Å². The predicted octanol–water partition coefficient (Wildman–Crippen LogP) is 4.17. The molecular formula is C22H26N2O. The number of nitrogens with one attached hydrogen (secondary N) is 1. The second-order valence-electron chi connectivity index (χ2n) is 8.61. The molecule has 1 aromatic carbocycles. The number of rotatable bonds is 0. The van der Waals surface area contributed by atoms with Crippen LogP contribution in [0.15, 0.2) is 18.3 Å². The van der Waals surface area contributed by atoms with Gasteiger partial charge >= 0.3 is 0 Å². The van der Waals surface area contributed by atoms with Gasteiger partial charge < -0.3 is 5.11 Å². The Morgan fingerprint density at radius 1 is 1.24 bits per heavy atom. The van der Waals surface area contributed by atoms with Crippen LogP contribution in [0.2, 0.25) is 0 Å². The molecule has 2 saturated carbocycles. The third-order valence-electron chi connectivity index (χ3n) is 7.82. The summed E-state index contributed by atoms with van der Waals surface area (Å²) in [6, 6.07) is 4.53. The first-order valence-electron chi connectivity index (χ1n) is 9.68. The fourth-order valence-electron chi connectivity index (χ4n) is 6.53. The lowest BCUT2D eigenvalue weighted by Gasteiger charge is -2.52. The highest BCUT2D eigenvalue weighted by atomic mass is 16.3. The molecule has 25 heavy (non-hydrogen) atoms. The SMILES string of the molecule is CC#CC1(O)CCC2C3CCc4c(ccc5[nH]ncc45)C3CCC21C. The van der Waals surface area contributed by atoms with Gasteiger partial charge in [-0.2, -0.15) is 5.10 Å². The molecule has 0 spiro atoms. The standard InChI is InChI=1S/C22H26N2O/c1-3-10-22(25)12-9-19-17-5-4-15-14(16(17)8-11-21(19,22)2)6-7-20-18(15)13-23-24-20/h6-7,13,16-17,19,25H,4-5,8-9,11-12H2,1-2H3,(H,23,24). The van der Waals surface area contributed by atoms with Crippen molar-refractivity contribution < 1.29 is 5.11 Å². The molecular weight excluding hydrogens is 308 g/mol. The second-order valence-corrected chi connectivity index (χ2v) is 8.61. The summed E-state index contributed by atoms with van der Waals surface area (Å²) in [7, 11) is 0. The molecule has 3 aliphatic rings. The van der Waals surface area contributed by atoms with E-state index in [2.05, 4.69) is 41.1 Å². The van der Waals surface area contributed by atoms with E-state index in [9.17, 15) is 5.11 Å². The fraction of sp³-hybridized carbons (Fsp3) is 0.591. The lowest BCUT2D eigenvalue weighted by molar-refractivity contribution is -0.0647. The Hall–Kier alpha value is -1.79. The zero-order valence-electron chi connectivity index (χ0n) is 15.1. The molecule has 0 bridgehead atoms. The number of aliphatic hydroxyl groups is 1. The van der Waals surface area contributed by atoms with Gasteiger partial charge in [0.05, 0.1) is 11.7 Å². The van der Waals surface area contributed by atoms with Gasteiger partial charge in [0.2, 0.25) is 0 Å². The van der Waals surface area contributed by atoms with Crippen LogP contribution in [0, 0.1) is 29.1 Å². The highest BCUT2D eigenvalue weighted by molar-refractivity contribution is 5.83. The number of fused-ring (bicyclic) bond motifs is 7. The molecule has 3 nitrogen and oxygen atoms in total. The lowest BCUT2D eigenvalue weighted by Crippen LogP contribution is -2.50. The van der Waals surface area contributed by atoms with Crippen molar-refractivity contribution >= 4 is 10.9 Å². The maximum Gasteiger partial charge on any atom is 0.131 e. The number of H-pyrrole nitrogens is 1. The first kappa shape index (κ1) is 15.5. The van der Waals surface area contributed by atoms with Gasteiger partial charge in [0, 0.05) is 10.8 Å². The highest BCUT2D eigenvalue weighted by Crippen LogP contribution is 2.64. The van der Waals surface area contributed by atoms with Gasteiger partial charge in [0.15, 0.2) is 0 Å². The van der Waals surface area contributed by atoms with E-state index in [1.54, 1.807) is 5.56 Å². The first-order chi connectivity index (χ1) is 12.1. The van der Waals surface area contributed by atoms with Crippen LogP contribution in [-0.2, 0) is 6.42 Å². The zero-order chi connectivity index (χ0) is 17.2. The maximum absolute atomic E-state index is 11.3. The van der Waals surface area contributed by atoms with E-state index in [-0.39, 0.29) is 5.41 Å². The van der Waals surface area contributed by atoms with Crippen molar-refractivity contribution in [2.45, 2.75) is 63.9 Å². The fourth-order valence-corrected chi connectivity index (χ4v) is 6.53. The molecule has 0 amide bonds. The molecule has 1 heterocycles. The van der Waals surface area contributed by atoms with Crippen molar-refractivity contribution in [3.05, 3.63) is 29.5 Å². The number of hydrogen-bond acceptors (Lipinski definition) is 2. The Morgan fingerprint density at radius 3 is 2.96 bits per heavy atom. The summed E-state index contributed by atoms with van der Waals surface area (Å²) in [5.74, 6) is 8.10. The molecule has 5 atom stereocenters. The summed E-state index contributed by atoms with van der Waals surface area (Å²) in [6.45, 7) is 4.16. The average molecular weight is 334 g/mol. The maximum atomic E-state index is 11.3. The van der Waals surface area contributed by atoms with Gasteiger partial charge in [-0.3, -0.25) is 5.10 Å². The van der Waals surface area contributed by atoms with Gasteiger partial charge in [-0.05, 0) is 80.4 Å². The number of hydrogen-bond donors (Lipinski definition) is 2. The molecule has 0 radical (unpaired) electrons. The Bertz CT molecular complexity index is 904. The third kappa shape index (κ3) is 1.89. The summed E-state index contributed by atoms with van der Waals surface area (Å²) in [5.41, 5.74) is 3.38. The van der Waals surface area contributed by atoms with Crippen LogP contribution >= 0.6 is 0 Å². The van der Waals surface area contributed by atoms with Gasteiger partial charge in [0.25, 0.3) is 0 Å². The Morgan fingerprint density at radius 2 is 2.12 bits per heavy atom. The van der Waals surface area contributed by atoms with Crippen molar-refractivity contribution in [2.75, 3.05) is 0 Å². The van der Waals surface area contributed by atoms with Crippen LogP contribution in [0.3, 0.4) is 0 Å². The number of aromatic nitrogens is 2. The number of nitrogens with zero attached hydrogens (tertiary/aromatic N) is 1. The molecule has 5 unspecified atom stereocenters. The van der Waals surface area contributed by atoms with Crippen LogP contribution in [0.25, 0.3) is 10.9 Å². The average Bonchev–Trinajstić information content (AvgIpc) is 3.18. The number of aromatic amines is 1. The van der Waals surface area contributed by atoms with Crippen molar-refractivity contribution in [3.63, 3.8) is 0 Å². The molecule has 130 valence electrons.